The van der Waals surface area contributed by atoms with Crippen LogP contribution in [-0.4, -0.2) is 64.3 Å². The fourth-order valence-corrected chi connectivity index (χ4v) is 6.38. The molecule has 0 amide bonds. The number of nitrogens with zero attached hydrogens (tertiary/aromatic N) is 6. The SMILES string of the molecule is CC(C)N(CC1CC[C@H](n2cnc3c(NO)ncnc32)O1)C1CC(CCc2nc3ccc(C(C)(C)C)cc3[nH]2)C1. The lowest BCUT2D eigenvalue weighted by Crippen LogP contribution is -2.50. The number of aryl methyl sites for hydroxylation is 1. The Kier molecular flexibility index (Phi) is 7.27. The molecule has 4 heterocycles. The van der Waals surface area contributed by atoms with Gasteiger partial charge in [0, 0.05) is 25.0 Å². The number of ether oxygens (including phenoxy) is 1. The van der Waals surface area contributed by atoms with Crippen molar-refractivity contribution in [1.29, 1.82) is 0 Å². The van der Waals surface area contributed by atoms with Gasteiger partial charge in [-0.1, -0.05) is 26.8 Å². The Labute approximate surface area is 235 Å². The maximum atomic E-state index is 9.33. The second-order valence-corrected chi connectivity index (χ2v) is 12.9. The molecule has 6 rings (SSSR count). The quantitative estimate of drug-likeness (QED) is 0.232. The highest BCUT2D eigenvalue weighted by Crippen LogP contribution is 2.38. The first-order valence-corrected chi connectivity index (χ1v) is 14.7. The van der Waals surface area contributed by atoms with Crippen LogP contribution in [0.25, 0.3) is 22.2 Å². The third-order valence-electron chi connectivity index (χ3n) is 8.80. The molecular weight excluding hydrogens is 504 g/mol. The van der Waals surface area contributed by atoms with Gasteiger partial charge in [0.1, 0.15) is 18.4 Å². The summed E-state index contributed by atoms with van der Waals surface area (Å²) in [5.41, 5.74) is 7.00. The molecule has 2 aliphatic rings. The van der Waals surface area contributed by atoms with Crippen LogP contribution in [0.15, 0.2) is 30.9 Å². The Bertz CT molecular complexity index is 1470. The van der Waals surface area contributed by atoms with Crippen LogP contribution in [0.2, 0.25) is 0 Å². The van der Waals surface area contributed by atoms with Gasteiger partial charge in [0.15, 0.2) is 17.0 Å². The molecule has 1 saturated carbocycles. The number of benzene rings is 1. The molecule has 0 bridgehead atoms. The summed E-state index contributed by atoms with van der Waals surface area (Å²) in [5.74, 6) is 2.15. The van der Waals surface area contributed by atoms with E-state index in [1.165, 1.54) is 31.2 Å². The highest BCUT2D eigenvalue weighted by atomic mass is 16.5. The van der Waals surface area contributed by atoms with E-state index in [2.05, 4.69) is 83.1 Å². The third kappa shape index (κ3) is 5.32. The fourth-order valence-electron chi connectivity index (χ4n) is 6.38. The van der Waals surface area contributed by atoms with Crippen LogP contribution in [0.1, 0.15) is 84.3 Å². The monoisotopic (exact) mass is 546 g/mol. The molecule has 0 radical (unpaired) electrons. The van der Waals surface area contributed by atoms with Gasteiger partial charge in [0.05, 0.1) is 23.5 Å². The van der Waals surface area contributed by atoms with Gasteiger partial charge < -0.3 is 9.72 Å². The largest absolute Gasteiger partial charge is 0.353 e. The molecular formula is C30H42N8O2. The molecule has 0 spiro atoms. The molecule has 1 aromatic carbocycles. The zero-order valence-corrected chi connectivity index (χ0v) is 24.3. The summed E-state index contributed by atoms with van der Waals surface area (Å²) in [5, 5.41) is 9.33. The average molecular weight is 547 g/mol. The molecule has 214 valence electrons. The van der Waals surface area contributed by atoms with E-state index < -0.39 is 0 Å². The van der Waals surface area contributed by atoms with Crippen molar-refractivity contribution in [2.24, 2.45) is 5.92 Å². The van der Waals surface area contributed by atoms with Gasteiger partial charge in [0.2, 0.25) is 0 Å². The minimum Gasteiger partial charge on any atom is -0.353 e. The van der Waals surface area contributed by atoms with Crippen LogP contribution in [-0.2, 0) is 16.6 Å². The van der Waals surface area contributed by atoms with Crippen molar-refractivity contribution >= 4 is 28.0 Å². The Hall–Kier alpha value is -3.08. The maximum Gasteiger partial charge on any atom is 0.181 e. The molecule has 3 aromatic heterocycles. The van der Waals surface area contributed by atoms with Gasteiger partial charge >= 0.3 is 0 Å². The number of hydrogen-bond donors (Lipinski definition) is 3. The Balaban J connectivity index is 1.02. The smallest absolute Gasteiger partial charge is 0.181 e. The number of aromatic amines is 1. The van der Waals surface area contributed by atoms with Crippen LogP contribution in [0, 0.1) is 5.92 Å². The minimum atomic E-state index is -0.108. The van der Waals surface area contributed by atoms with Crippen LogP contribution in [0.5, 0.6) is 0 Å². The van der Waals surface area contributed by atoms with Crippen LogP contribution >= 0.6 is 0 Å². The predicted molar refractivity (Wildman–Crippen MR) is 155 cm³/mol. The lowest BCUT2D eigenvalue weighted by atomic mass is 9.76. The summed E-state index contributed by atoms with van der Waals surface area (Å²) in [6, 6.07) is 7.70. The van der Waals surface area contributed by atoms with Crippen LogP contribution in [0.3, 0.4) is 0 Å². The molecule has 1 aliphatic heterocycles. The number of aromatic nitrogens is 6. The zero-order valence-electron chi connectivity index (χ0n) is 24.3. The molecule has 4 aromatic rings. The number of rotatable bonds is 9. The minimum absolute atomic E-state index is 0.108. The van der Waals surface area contributed by atoms with Crippen molar-refractivity contribution in [3.05, 3.63) is 42.2 Å². The second-order valence-electron chi connectivity index (χ2n) is 12.9. The molecule has 10 nitrogen and oxygen atoms in total. The van der Waals surface area contributed by atoms with E-state index in [1.54, 1.807) is 6.33 Å². The van der Waals surface area contributed by atoms with Crippen molar-refractivity contribution in [3.63, 3.8) is 0 Å². The van der Waals surface area contributed by atoms with Crippen molar-refractivity contribution in [2.75, 3.05) is 12.0 Å². The van der Waals surface area contributed by atoms with E-state index >= 15 is 0 Å². The van der Waals surface area contributed by atoms with E-state index in [9.17, 15) is 5.21 Å². The molecule has 1 unspecified atom stereocenters. The standard InChI is InChI=1S/C30H42N8O2/c1-18(2)37(15-22-8-11-26(40-22)38-17-33-27-28(36-39)31-16-32-29(27)38)21-12-19(13-21)6-10-25-34-23-9-7-20(30(3,4)5)14-24(23)35-25/h7,9,14,16-19,21-22,26,39H,6,8,10-13,15H2,1-5H3,(H,34,35)(H,31,32,36)/t19?,21?,22?,26-/m1/s1. The molecule has 3 N–H and O–H groups in total. The van der Waals surface area contributed by atoms with Crippen molar-refractivity contribution in [1.82, 2.24) is 34.4 Å². The van der Waals surface area contributed by atoms with Crippen molar-refractivity contribution in [2.45, 2.75) is 103 Å². The summed E-state index contributed by atoms with van der Waals surface area (Å²) in [4.78, 5) is 23.9. The summed E-state index contributed by atoms with van der Waals surface area (Å²) >= 11 is 0. The van der Waals surface area contributed by atoms with E-state index in [-0.39, 0.29) is 17.7 Å². The molecule has 10 heteroatoms. The Morgan fingerprint density at radius 2 is 2.00 bits per heavy atom. The van der Waals surface area contributed by atoms with E-state index in [1.807, 2.05) is 4.57 Å². The summed E-state index contributed by atoms with van der Waals surface area (Å²) in [6.45, 7) is 12.3. The van der Waals surface area contributed by atoms with Gasteiger partial charge in [-0.25, -0.2) is 19.9 Å². The summed E-state index contributed by atoms with van der Waals surface area (Å²) in [6.07, 6.45) is 9.80. The maximum absolute atomic E-state index is 9.33. The second kappa shape index (κ2) is 10.7. The molecule has 1 saturated heterocycles. The highest BCUT2D eigenvalue weighted by molar-refractivity contribution is 5.82. The fraction of sp³-hybridized carbons (Fsp3) is 0.600. The lowest BCUT2D eigenvalue weighted by Gasteiger charge is -2.46. The predicted octanol–water partition coefficient (Wildman–Crippen LogP) is 5.60. The van der Waals surface area contributed by atoms with Crippen LogP contribution in [0.4, 0.5) is 5.82 Å². The Morgan fingerprint density at radius 3 is 2.75 bits per heavy atom. The first kappa shape index (κ1) is 27.1. The molecule has 2 fully saturated rings. The van der Waals surface area contributed by atoms with Gasteiger partial charge in [-0.3, -0.25) is 20.2 Å². The normalized spacial score (nSPS) is 23.5. The van der Waals surface area contributed by atoms with Crippen molar-refractivity contribution < 1.29 is 9.94 Å². The number of imidazole rings is 2. The number of nitrogens with one attached hydrogen (secondary N) is 2. The topological polar surface area (TPSA) is 117 Å². The molecule has 2 atom stereocenters. The van der Waals surface area contributed by atoms with E-state index in [0.717, 1.165) is 48.6 Å². The number of hydrogen-bond acceptors (Lipinski definition) is 8. The van der Waals surface area contributed by atoms with Gasteiger partial charge in [-0.15, -0.1) is 0 Å². The first-order valence-electron chi connectivity index (χ1n) is 14.7. The molecule has 40 heavy (non-hydrogen) atoms. The molecule has 1 aliphatic carbocycles. The van der Waals surface area contributed by atoms with Crippen molar-refractivity contribution in [3.8, 4) is 0 Å². The summed E-state index contributed by atoms with van der Waals surface area (Å²) < 4.78 is 8.46. The Morgan fingerprint density at radius 1 is 1.18 bits per heavy atom. The number of fused-ring (bicyclic) bond motifs is 2. The third-order valence-corrected chi connectivity index (χ3v) is 8.80. The van der Waals surface area contributed by atoms with E-state index in [0.29, 0.717) is 29.1 Å². The first-order chi connectivity index (χ1) is 19.2. The van der Waals surface area contributed by atoms with E-state index in [4.69, 9.17) is 9.72 Å². The average Bonchev–Trinajstić information content (AvgIpc) is 3.63. The van der Waals surface area contributed by atoms with Gasteiger partial charge in [-0.05, 0) is 75.0 Å². The summed E-state index contributed by atoms with van der Waals surface area (Å²) in [7, 11) is 0. The highest BCUT2D eigenvalue weighted by Gasteiger charge is 2.37. The lowest BCUT2D eigenvalue weighted by molar-refractivity contribution is -0.0393. The van der Waals surface area contributed by atoms with Gasteiger partial charge in [-0.2, -0.15) is 0 Å². The van der Waals surface area contributed by atoms with Gasteiger partial charge in [0.25, 0.3) is 0 Å². The number of anilines is 1. The zero-order chi connectivity index (χ0) is 28.0. The van der Waals surface area contributed by atoms with Crippen LogP contribution < -0.4 is 5.48 Å². The number of H-pyrrole nitrogens is 1.